The number of thioether (sulfide) groups is 2. The van der Waals surface area contributed by atoms with Gasteiger partial charge in [-0.05, 0) is 18.1 Å². The van der Waals surface area contributed by atoms with Gasteiger partial charge in [0.1, 0.15) is 0 Å². The molecule has 0 spiro atoms. The summed E-state index contributed by atoms with van der Waals surface area (Å²) in [5, 5.41) is 0. The van der Waals surface area contributed by atoms with Crippen LogP contribution < -0.4 is 0 Å². The van der Waals surface area contributed by atoms with Crippen molar-refractivity contribution in [3.63, 3.8) is 0 Å². The van der Waals surface area contributed by atoms with E-state index in [-0.39, 0.29) is 5.97 Å². The maximum atomic E-state index is 11.8. The summed E-state index contributed by atoms with van der Waals surface area (Å²) >= 11 is 3.12. The van der Waals surface area contributed by atoms with E-state index >= 15 is 0 Å². The van der Waals surface area contributed by atoms with Gasteiger partial charge < -0.3 is 4.74 Å². The number of carbonyl (C=O) groups is 1. The summed E-state index contributed by atoms with van der Waals surface area (Å²) in [6, 6.07) is 9.58. The molecule has 0 saturated carbocycles. The summed E-state index contributed by atoms with van der Waals surface area (Å²) in [6.45, 7) is 0. The highest BCUT2D eigenvalue weighted by Crippen LogP contribution is 2.33. The monoisotopic (exact) mass is 254 g/mol. The summed E-state index contributed by atoms with van der Waals surface area (Å²) in [5.74, 6) is -0.287. The van der Waals surface area contributed by atoms with E-state index in [4.69, 9.17) is 4.74 Å². The zero-order valence-electron chi connectivity index (χ0n) is 9.52. The molecule has 0 aliphatic carbocycles. The Hall–Kier alpha value is -0.870. The molecule has 0 atom stereocenters. The molecule has 0 radical (unpaired) electrons. The Bertz CT molecular complexity index is 379. The van der Waals surface area contributed by atoms with Gasteiger partial charge in [0.05, 0.1) is 16.9 Å². The van der Waals surface area contributed by atoms with Gasteiger partial charge >= 0.3 is 5.97 Å². The molecule has 0 saturated heterocycles. The van der Waals surface area contributed by atoms with E-state index in [0.717, 1.165) is 9.80 Å². The highest BCUT2D eigenvalue weighted by molar-refractivity contribution is 8.22. The first kappa shape index (κ1) is 13.2. The van der Waals surface area contributed by atoms with Crippen LogP contribution in [-0.2, 0) is 9.53 Å². The van der Waals surface area contributed by atoms with Crippen molar-refractivity contribution >= 4 is 35.1 Å². The molecule has 2 nitrogen and oxygen atoms in total. The molecule has 16 heavy (non-hydrogen) atoms. The maximum absolute atomic E-state index is 11.8. The van der Waals surface area contributed by atoms with Crippen LogP contribution >= 0.6 is 23.5 Å². The van der Waals surface area contributed by atoms with Crippen molar-refractivity contribution in [2.45, 2.75) is 0 Å². The average molecular weight is 254 g/mol. The molecular weight excluding hydrogens is 240 g/mol. The van der Waals surface area contributed by atoms with Crippen LogP contribution in [0.2, 0.25) is 0 Å². The second-order valence-corrected chi connectivity index (χ2v) is 4.82. The molecule has 0 amide bonds. The predicted molar refractivity (Wildman–Crippen MR) is 72.4 cm³/mol. The SMILES string of the molecule is COC(=O)C(=C(SC)SC)c1ccccc1. The Morgan fingerprint density at radius 1 is 1.12 bits per heavy atom. The van der Waals surface area contributed by atoms with E-state index in [1.807, 2.05) is 42.8 Å². The minimum Gasteiger partial charge on any atom is -0.465 e. The van der Waals surface area contributed by atoms with Gasteiger partial charge in [0.2, 0.25) is 0 Å². The molecule has 0 aromatic heterocycles. The first-order valence-corrected chi connectivity index (χ1v) is 7.15. The molecule has 0 N–H and O–H groups in total. The number of ether oxygens (including phenoxy) is 1. The zero-order valence-corrected chi connectivity index (χ0v) is 11.2. The molecule has 0 bridgehead atoms. The molecule has 1 rings (SSSR count). The number of methoxy groups -OCH3 is 1. The lowest BCUT2D eigenvalue weighted by Gasteiger charge is -2.10. The number of benzene rings is 1. The number of rotatable bonds is 4. The van der Waals surface area contributed by atoms with Gasteiger partial charge in [-0.2, -0.15) is 0 Å². The molecule has 0 unspecified atom stereocenters. The average Bonchev–Trinajstić information content (AvgIpc) is 2.36. The number of carbonyl (C=O) groups excluding carboxylic acids is 1. The second kappa shape index (κ2) is 6.66. The molecule has 1 aromatic rings. The molecule has 1 aromatic carbocycles. The topological polar surface area (TPSA) is 26.3 Å². The largest absolute Gasteiger partial charge is 0.465 e. The van der Waals surface area contributed by atoms with Crippen molar-refractivity contribution < 1.29 is 9.53 Å². The lowest BCUT2D eigenvalue weighted by molar-refractivity contribution is -0.133. The van der Waals surface area contributed by atoms with E-state index in [1.165, 1.54) is 7.11 Å². The van der Waals surface area contributed by atoms with Gasteiger partial charge in [0, 0.05) is 0 Å². The van der Waals surface area contributed by atoms with Crippen LogP contribution in [0.3, 0.4) is 0 Å². The minimum atomic E-state index is -0.287. The summed E-state index contributed by atoms with van der Waals surface area (Å²) in [7, 11) is 1.41. The van der Waals surface area contributed by atoms with Crippen molar-refractivity contribution in [3.05, 3.63) is 40.1 Å². The van der Waals surface area contributed by atoms with Gasteiger partial charge in [0.25, 0.3) is 0 Å². The van der Waals surface area contributed by atoms with Crippen LogP contribution in [0.15, 0.2) is 34.6 Å². The van der Waals surface area contributed by atoms with Crippen molar-refractivity contribution in [2.24, 2.45) is 0 Å². The molecular formula is C12H14O2S2. The van der Waals surface area contributed by atoms with E-state index in [9.17, 15) is 4.79 Å². The van der Waals surface area contributed by atoms with Crippen molar-refractivity contribution in [1.29, 1.82) is 0 Å². The van der Waals surface area contributed by atoms with E-state index in [2.05, 4.69) is 0 Å². The fourth-order valence-corrected chi connectivity index (χ4v) is 2.79. The summed E-state index contributed by atoms with van der Waals surface area (Å²) in [6.07, 6.45) is 3.91. The summed E-state index contributed by atoms with van der Waals surface area (Å²) in [5.41, 5.74) is 1.54. The Morgan fingerprint density at radius 2 is 1.69 bits per heavy atom. The smallest absolute Gasteiger partial charge is 0.340 e. The summed E-state index contributed by atoms with van der Waals surface area (Å²) in [4.78, 5) is 11.8. The zero-order chi connectivity index (χ0) is 12.0. The number of hydrogen-bond donors (Lipinski definition) is 0. The summed E-state index contributed by atoms with van der Waals surface area (Å²) < 4.78 is 5.80. The molecule has 86 valence electrons. The van der Waals surface area contributed by atoms with E-state index in [0.29, 0.717) is 5.57 Å². The highest BCUT2D eigenvalue weighted by Gasteiger charge is 2.17. The third-order valence-electron chi connectivity index (χ3n) is 2.03. The standard InChI is InChI=1S/C12H14O2S2/c1-14-11(13)10(12(15-2)16-3)9-7-5-4-6-8-9/h4-8H,1-3H3. The van der Waals surface area contributed by atoms with Crippen LogP contribution in [-0.4, -0.2) is 25.6 Å². The minimum absolute atomic E-state index is 0.287. The van der Waals surface area contributed by atoms with Crippen molar-refractivity contribution in [2.75, 3.05) is 19.6 Å². The van der Waals surface area contributed by atoms with Crippen LogP contribution in [0.25, 0.3) is 5.57 Å². The molecule has 0 fully saturated rings. The second-order valence-electron chi connectivity index (χ2n) is 2.93. The maximum Gasteiger partial charge on any atom is 0.340 e. The quantitative estimate of drug-likeness (QED) is 0.608. The molecule has 0 heterocycles. The van der Waals surface area contributed by atoms with Gasteiger partial charge in [-0.3, -0.25) is 0 Å². The van der Waals surface area contributed by atoms with E-state index < -0.39 is 0 Å². The number of hydrogen-bond acceptors (Lipinski definition) is 4. The van der Waals surface area contributed by atoms with Crippen LogP contribution in [0.4, 0.5) is 0 Å². The Labute approximate surface area is 104 Å². The Kier molecular flexibility index (Phi) is 5.49. The lowest BCUT2D eigenvalue weighted by atomic mass is 10.1. The van der Waals surface area contributed by atoms with Gasteiger partial charge in [-0.1, -0.05) is 30.3 Å². The Morgan fingerprint density at radius 3 is 2.12 bits per heavy atom. The lowest BCUT2D eigenvalue weighted by Crippen LogP contribution is -2.05. The van der Waals surface area contributed by atoms with Crippen molar-refractivity contribution in [3.8, 4) is 0 Å². The van der Waals surface area contributed by atoms with Gasteiger partial charge in [-0.25, -0.2) is 4.79 Å². The predicted octanol–water partition coefficient (Wildman–Crippen LogP) is 3.25. The third-order valence-corrected chi connectivity index (χ3v) is 4.18. The third kappa shape index (κ3) is 3.06. The first-order valence-electron chi connectivity index (χ1n) is 4.70. The first-order chi connectivity index (χ1) is 7.74. The fraction of sp³-hybridized carbons (Fsp3) is 0.250. The van der Waals surface area contributed by atoms with E-state index in [1.54, 1.807) is 23.5 Å². The molecule has 4 heteroatoms. The van der Waals surface area contributed by atoms with Gasteiger partial charge in [-0.15, -0.1) is 23.5 Å². The molecule has 0 aliphatic rings. The normalized spacial score (nSPS) is 9.69. The number of esters is 1. The highest BCUT2D eigenvalue weighted by atomic mass is 32.2. The van der Waals surface area contributed by atoms with Crippen LogP contribution in [0.1, 0.15) is 5.56 Å². The molecule has 0 aliphatic heterocycles. The van der Waals surface area contributed by atoms with Crippen LogP contribution in [0, 0.1) is 0 Å². The van der Waals surface area contributed by atoms with Crippen molar-refractivity contribution in [1.82, 2.24) is 0 Å². The Balaban J connectivity index is 3.26. The fourth-order valence-electron chi connectivity index (χ4n) is 1.31. The van der Waals surface area contributed by atoms with Gasteiger partial charge in [0.15, 0.2) is 0 Å². The van der Waals surface area contributed by atoms with Crippen LogP contribution in [0.5, 0.6) is 0 Å².